The normalized spacial score (nSPS) is 15.5. The Balaban J connectivity index is 0.00000180. The summed E-state index contributed by atoms with van der Waals surface area (Å²) in [5, 5.41) is 3.18. The zero-order valence-electron chi connectivity index (χ0n) is 11.6. The van der Waals surface area contributed by atoms with E-state index in [2.05, 4.69) is 41.5 Å². The van der Waals surface area contributed by atoms with Crippen LogP contribution in [0.1, 0.15) is 30.4 Å². The smallest absolute Gasteiger partial charge is 0.188 e. The third-order valence-electron chi connectivity index (χ3n) is 3.58. The number of halogens is 1. The molecule has 1 aliphatic carbocycles. The highest BCUT2D eigenvalue weighted by molar-refractivity contribution is 14.0. The van der Waals surface area contributed by atoms with Gasteiger partial charge >= 0.3 is 0 Å². The molecule has 0 unspecified atom stereocenters. The molecule has 0 amide bonds. The molecule has 3 nitrogen and oxygen atoms in total. The van der Waals surface area contributed by atoms with Crippen molar-refractivity contribution in [3.63, 3.8) is 0 Å². The van der Waals surface area contributed by atoms with E-state index in [9.17, 15) is 0 Å². The third-order valence-corrected chi connectivity index (χ3v) is 3.58. The fourth-order valence-corrected chi connectivity index (χ4v) is 2.05. The van der Waals surface area contributed by atoms with E-state index in [0.29, 0.717) is 5.96 Å². The monoisotopic (exact) mass is 373 g/mol. The Hall–Kier alpha value is -0.780. The van der Waals surface area contributed by atoms with Gasteiger partial charge < -0.3 is 11.1 Å². The molecule has 0 aliphatic heterocycles. The van der Waals surface area contributed by atoms with Crippen LogP contribution in [-0.2, 0) is 6.42 Å². The first-order chi connectivity index (χ1) is 8.74. The number of guanidine groups is 1. The zero-order chi connectivity index (χ0) is 12.8. The molecular weight excluding hydrogens is 349 g/mol. The summed E-state index contributed by atoms with van der Waals surface area (Å²) in [7, 11) is 0. The van der Waals surface area contributed by atoms with Gasteiger partial charge in [-0.25, -0.2) is 0 Å². The van der Waals surface area contributed by atoms with Crippen LogP contribution in [0.4, 0.5) is 0 Å². The van der Waals surface area contributed by atoms with Gasteiger partial charge in [0.1, 0.15) is 0 Å². The summed E-state index contributed by atoms with van der Waals surface area (Å²) in [6.07, 6.45) is 4.99. The maximum absolute atomic E-state index is 5.83. The van der Waals surface area contributed by atoms with Crippen LogP contribution >= 0.6 is 24.0 Å². The highest BCUT2D eigenvalue weighted by Gasteiger charge is 2.16. The maximum atomic E-state index is 5.83. The van der Waals surface area contributed by atoms with Crippen LogP contribution in [0.25, 0.3) is 0 Å². The summed E-state index contributed by atoms with van der Waals surface area (Å²) in [5.41, 5.74) is 8.46. The molecule has 0 radical (unpaired) electrons. The molecule has 1 aliphatic rings. The zero-order valence-corrected chi connectivity index (χ0v) is 13.9. The maximum Gasteiger partial charge on any atom is 0.188 e. The van der Waals surface area contributed by atoms with Gasteiger partial charge in [0.25, 0.3) is 0 Å². The Morgan fingerprint density at radius 1 is 1.32 bits per heavy atom. The standard InChI is InChI=1S/C15H23N3.HI/c1-12-5-7-13(8-6-12)9-10-17-15(16)18-11-14-3-2-4-14;/h5-8,14H,2-4,9-11H2,1H3,(H3,16,17,18);1H. The molecule has 0 spiro atoms. The Kier molecular flexibility index (Phi) is 7.20. The van der Waals surface area contributed by atoms with Crippen molar-refractivity contribution in [2.45, 2.75) is 32.6 Å². The van der Waals surface area contributed by atoms with E-state index in [1.165, 1.54) is 30.4 Å². The largest absolute Gasteiger partial charge is 0.370 e. The lowest BCUT2D eigenvalue weighted by Gasteiger charge is -2.23. The lowest BCUT2D eigenvalue weighted by atomic mass is 9.86. The lowest BCUT2D eigenvalue weighted by Crippen LogP contribution is -2.34. The van der Waals surface area contributed by atoms with E-state index >= 15 is 0 Å². The molecule has 0 saturated heterocycles. The van der Waals surface area contributed by atoms with Crippen molar-refractivity contribution < 1.29 is 0 Å². The Bertz CT molecular complexity index is 396. The molecule has 1 saturated carbocycles. The number of aliphatic imine (C=N–C) groups is 1. The lowest BCUT2D eigenvalue weighted by molar-refractivity contribution is 0.326. The van der Waals surface area contributed by atoms with Gasteiger partial charge in [0.05, 0.1) is 0 Å². The van der Waals surface area contributed by atoms with Crippen molar-refractivity contribution >= 4 is 29.9 Å². The summed E-state index contributed by atoms with van der Waals surface area (Å²) in [6.45, 7) is 3.85. The van der Waals surface area contributed by atoms with Gasteiger partial charge in [0.2, 0.25) is 0 Å². The summed E-state index contributed by atoms with van der Waals surface area (Å²) >= 11 is 0. The van der Waals surface area contributed by atoms with E-state index in [1.807, 2.05) is 0 Å². The highest BCUT2D eigenvalue weighted by atomic mass is 127. The molecule has 3 N–H and O–H groups in total. The number of nitrogens with two attached hydrogens (primary N) is 1. The fourth-order valence-electron chi connectivity index (χ4n) is 2.05. The van der Waals surface area contributed by atoms with E-state index in [1.54, 1.807) is 0 Å². The number of aryl methyl sites for hydroxylation is 1. The van der Waals surface area contributed by atoms with Gasteiger partial charge in [-0.15, -0.1) is 24.0 Å². The number of nitrogens with one attached hydrogen (secondary N) is 1. The summed E-state index contributed by atoms with van der Waals surface area (Å²) in [6, 6.07) is 8.62. The quantitative estimate of drug-likeness (QED) is 0.474. The molecule has 1 aromatic rings. The number of hydrogen-bond acceptors (Lipinski definition) is 1. The van der Waals surface area contributed by atoms with Crippen molar-refractivity contribution in [2.24, 2.45) is 16.6 Å². The van der Waals surface area contributed by atoms with Crippen molar-refractivity contribution in [1.82, 2.24) is 5.32 Å². The van der Waals surface area contributed by atoms with Crippen LogP contribution < -0.4 is 11.1 Å². The molecule has 0 heterocycles. The van der Waals surface area contributed by atoms with Gasteiger partial charge in [-0.05, 0) is 37.7 Å². The van der Waals surface area contributed by atoms with Crippen LogP contribution in [0, 0.1) is 12.8 Å². The van der Waals surface area contributed by atoms with Gasteiger partial charge in [0.15, 0.2) is 5.96 Å². The first-order valence-electron chi connectivity index (χ1n) is 6.83. The van der Waals surface area contributed by atoms with Gasteiger partial charge in [0, 0.05) is 13.1 Å². The van der Waals surface area contributed by atoms with Crippen molar-refractivity contribution in [1.29, 1.82) is 0 Å². The Morgan fingerprint density at radius 3 is 2.58 bits per heavy atom. The average Bonchev–Trinajstić information content (AvgIpc) is 2.30. The minimum Gasteiger partial charge on any atom is -0.370 e. The number of hydrogen-bond donors (Lipinski definition) is 2. The van der Waals surface area contributed by atoms with Crippen LogP contribution in [0.2, 0.25) is 0 Å². The predicted molar refractivity (Wildman–Crippen MR) is 92.1 cm³/mol. The van der Waals surface area contributed by atoms with Gasteiger partial charge in [-0.1, -0.05) is 36.2 Å². The molecule has 0 atom stereocenters. The number of rotatable bonds is 5. The summed E-state index contributed by atoms with van der Waals surface area (Å²) in [4.78, 5) is 4.37. The van der Waals surface area contributed by atoms with E-state index < -0.39 is 0 Å². The van der Waals surface area contributed by atoms with E-state index in [0.717, 1.165) is 25.4 Å². The SMILES string of the molecule is Cc1ccc(CCNC(N)=NCC2CCC2)cc1.I. The Labute approximate surface area is 133 Å². The summed E-state index contributed by atoms with van der Waals surface area (Å²) in [5.74, 6) is 1.37. The molecule has 1 fully saturated rings. The molecule has 1 aromatic carbocycles. The second kappa shape index (κ2) is 8.40. The van der Waals surface area contributed by atoms with Crippen molar-refractivity contribution in [3.05, 3.63) is 35.4 Å². The minimum absolute atomic E-state index is 0. The van der Waals surface area contributed by atoms with Gasteiger partial charge in [-0.2, -0.15) is 0 Å². The van der Waals surface area contributed by atoms with Gasteiger partial charge in [-0.3, -0.25) is 4.99 Å². The molecule has 2 rings (SSSR count). The number of nitrogens with zero attached hydrogens (tertiary/aromatic N) is 1. The van der Waals surface area contributed by atoms with Crippen LogP contribution in [-0.4, -0.2) is 19.0 Å². The predicted octanol–water partition coefficient (Wildman–Crippen LogP) is 2.86. The highest BCUT2D eigenvalue weighted by Crippen LogP contribution is 2.26. The first-order valence-corrected chi connectivity index (χ1v) is 6.83. The topological polar surface area (TPSA) is 50.4 Å². The Morgan fingerprint density at radius 2 is 2.00 bits per heavy atom. The van der Waals surface area contributed by atoms with Crippen LogP contribution in [0.15, 0.2) is 29.3 Å². The molecule has 0 aromatic heterocycles. The fraction of sp³-hybridized carbons (Fsp3) is 0.533. The second-order valence-corrected chi connectivity index (χ2v) is 5.19. The molecule has 4 heteroatoms. The molecule has 106 valence electrons. The van der Waals surface area contributed by atoms with E-state index in [4.69, 9.17) is 5.73 Å². The van der Waals surface area contributed by atoms with Crippen LogP contribution in [0.5, 0.6) is 0 Å². The summed E-state index contributed by atoms with van der Waals surface area (Å²) < 4.78 is 0. The minimum atomic E-state index is 0. The average molecular weight is 373 g/mol. The first kappa shape index (κ1) is 16.3. The van der Waals surface area contributed by atoms with Crippen molar-refractivity contribution in [3.8, 4) is 0 Å². The molecule has 19 heavy (non-hydrogen) atoms. The molecular formula is C15H24IN3. The second-order valence-electron chi connectivity index (χ2n) is 5.19. The van der Waals surface area contributed by atoms with Crippen LogP contribution in [0.3, 0.4) is 0 Å². The number of benzene rings is 1. The van der Waals surface area contributed by atoms with Crippen molar-refractivity contribution in [2.75, 3.05) is 13.1 Å². The third kappa shape index (κ3) is 5.80. The molecule has 0 bridgehead atoms. The van der Waals surface area contributed by atoms with E-state index in [-0.39, 0.29) is 24.0 Å².